The Bertz CT molecular complexity index is 1240. The van der Waals surface area contributed by atoms with E-state index in [0.29, 0.717) is 5.56 Å². The highest BCUT2D eigenvalue weighted by atomic mass is 16.6. The lowest BCUT2D eigenvalue weighted by atomic mass is 9.81. The molecule has 3 amide bonds. The maximum Gasteiger partial charge on any atom is 0.273 e. The summed E-state index contributed by atoms with van der Waals surface area (Å²) in [6, 6.07) is 10.1. The van der Waals surface area contributed by atoms with Crippen molar-refractivity contribution in [3.05, 3.63) is 74.8 Å². The second kappa shape index (κ2) is 8.41. The number of Topliss-reactive ketones (excluding diaryl/α,β-unsaturated/α-hetero) is 1. The molecule has 0 unspecified atom stereocenters. The van der Waals surface area contributed by atoms with Gasteiger partial charge < -0.3 is 0 Å². The van der Waals surface area contributed by atoms with Crippen molar-refractivity contribution in [2.45, 2.75) is 33.1 Å². The fourth-order valence-electron chi connectivity index (χ4n) is 5.88. The second-order valence-electron chi connectivity index (χ2n) is 9.76. The number of benzene rings is 2. The number of rotatable bonds is 6. The molecule has 3 aliphatic rings. The highest BCUT2D eigenvalue weighted by Crippen LogP contribution is 2.56. The van der Waals surface area contributed by atoms with Gasteiger partial charge in [0.15, 0.2) is 5.78 Å². The van der Waals surface area contributed by atoms with Gasteiger partial charge in [-0.2, -0.15) is 5.01 Å². The normalized spacial score (nSPS) is 24.6. The molecule has 9 heteroatoms. The molecule has 0 spiro atoms. The highest BCUT2D eigenvalue weighted by Gasteiger charge is 2.62. The first-order valence-corrected chi connectivity index (χ1v) is 11.7. The standard InChI is InChI=1S/C26H25N3O6/c1-14-3-4-17(11-15(14)2)21(30)13-27(24(31)16-7-9-20(10-8-16)29(34)35)28-25(32)22-18-5-6-19(12-18)23(22)26(28)33/h3-4,7-11,18-19,22-23H,5-6,12-13H2,1-2H3/t18-,19-,22-,23+/m0/s1. The van der Waals surface area contributed by atoms with Crippen molar-refractivity contribution in [1.29, 1.82) is 0 Å². The number of ketones is 1. The molecule has 1 saturated heterocycles. The number of nitro benzene ring substituents is 1. The third-order valence-electron chi connectivity index (χ3n) is 7.83. The van der Waals surface area contributed by atoms with Gasteiger partial charge in [-0.15, -0.1) is 0 Å². The quantitative estimate of drug-likeness (QED) is 0.273. The maximum atomic E-state index is 13.5. The third-order valence-corrected chi connectivity index (χ3v) is 7.83. The number of nitro groups is 1. The van der Waals surface area contributed by atoms with Gasteiger partial charge in [0.2, 0.25) is 0 Å². The van der Waals surface area contributed by atoms with Crippen LogP contribution >= 0.6 is 0 Å². The van der Waals surface area contributed by atoms with Crippen LogP contribution in [0.25, 0.3) is 0 Å². The minimum absolute atomic E-state index is 0.0455. The summed E-state index contributed by atoms with van der Waals surface area (Å²) in [4.78, 5) is 64.1. The second-order valence-corrected chi connectivity index (χ2v) is 9.76. The number of nitrogens with zero attached hydrogens (tertiary/aromatic N) is 3. The first kappa shape index (κ1) is 22.9. The van der Waals surface area contributed by atoms with E-state index in [1.807, 2.05) is 13.8 Å². The highest BCUT2D eigenvalue weighted by molar-refractivity contribution is 6.10. The number of amides is 3. The van der Waals surface area contributed by atoms with Gasteiger partial charge >= 0.3 is 0 Å². The predicted octanol–water partition coefficient (Wildman–Crippen LogP) is 3.48. The largest absolute Gasteiger partial charge is 0.292 e. The van der Waals surface area contributed by atoms with Gasteiger partial charge in [0.25, 0.3) is 23.4 Å². The van der Waals surface area contributed by atoms with Crippen molar-refractivity contribution in [2.24, 2.45) is 23.7 Å². The maximum absolute atomic E-state index is 13.5. The molecule has 3 fully saturated rings. The van der Waals surface area contributed by atoms with E-state index < -0.39 is 46.8 Å². The van der Waals surface area contributed by atoms with Crippen LogP contribution in [-0.2, 0) is 9.59 Å². The van der Waals surface area contributed by atoms with Crippen LogP contribution in [0.4, 0.5) is 5.69 Å². The molecule has 5 rings (SSSR count). The van der Waals surface area contributed by atoms with E-state index >= 15 is 0 Å². The monoisotopic (exact) mass is 475 g/mol. The zero-order valence-electron chi connectivity index (χ0n) is 19.5. The Morgan fingerprint density at radius 1 is 0.943 bits per heavy atom. The lowest BCUT2D eigenvalue weighted by Gasteiger charge is -2.30. The van der Waals surface area contributed by atoms with Gasteiger partial charge in [0.05, 0.1) is 16.8 Å². The molecule has 2 aliphatic carbocycles. The van der Waals surface area contributed by atoms with E-state index in [1.54, 1.807) is 18.2 Å². The topological polar surface area (TPSA) is 118 Å². The van der Waals surface area contributed by atoms with Crippen molar-refractivity contribution in [1.82, 2.24) is 10.0 Å². The summed E-state index contributed by atoms with van der Waals surface area (Å²) in [7, 11) is 0. The number of non-ortho nitro benzene ring substituents is 1. The van der Waals surface area contributed by atoms with Gasteiger partial charge in [-0.25, -0.2) is 5.01 Å². The van der Waals surface area contributed by atoms with Crippen molar-refractivity contribution < 1.29 is 24.1 Å². The van der Waals surface area contributed by atoms with Crippen molar-refractivity contribution in [3.63, 3.8) is 0 Å². The molecular weight excluding hydrogens is 450 g/mol. The molecule has 0 radical (unpaired) electrons. The van der Waals surface area contributed by atoms with E-state index in [0.717, 1.165) is 40.4 Å². The van der Waals surface area contributed by atoms with Crippen LogP contribution in [0, 0.1) is 47.6 Å². The fourth-order valence-corrected chi connectivity index (χ4v) is 5.88. The van der Waals surface area contributed by atoms with Gasteiger partial charge in [-0.1, -0.05) is 12.1 Å². The smallest absolute Gasteiger partial charge is 0.273 e. The third kappa shape index (κ3) is 3.71. The van der Waals surface area contributed by atoms with E-state index in [1.165, 1.54) is 24.3 Å². The number of hydrogen-bond donors (Lipinski definition) is 0. The van der Waals surface area contributed by atoms with Gasteiger partial charge in [-0.05, 0) is 74.3 Å². The Kier molecular flexibility index (Phi) is 5.50. The Morgan fingerprint density at radius 2 is 1.51 bits per heavy atom. The minimum atomic E-state index is -0.730. The summed E-state index contributed by atoms with van der Waals surface area (Å²) < 4.78 is 0. The number of carbonyl (C=O) groups excluding carboxylic acids is 4. The van der Waals surface area contributed by atoms with Crippen molar-refractivity contribution >= 4 is 29.2 Å². The van der Waals surface area contributed by atoms with E-state index in [2.05, 4.69) is 0 Å². The molecule has 1 heterocycles. The predicted molar refractivity (Wildman–Crippen MR) is 124 cm³/mol. The van der Waals surface area contributed by atoms with Crippen molar-refractivity contribution in [3.8, 4) is 0 Å². The number of hydrogen-bond acceptors (Lipinski definition) is 6. The first-order chi connectivity index (χ1) is 16.7. The van der Waals surface area contributed by atoms with Gasteiger partial charge in [0.1, 0.15) is 6.54 Å². The molecule has 1 aliphatic heterocycles. The average molecular weight is 476 g/mol. The van der Waals surface area contributed by atoms with Gasteiger partial charge in [0, 0.05) is 23.3 Å². The van der Waals surface area contributed by atoms with Gasteiger partial charge in [-0.3, -0.25) is 29.3 Å². The van der Waals surface area contributed by atoms with Crippen LogP contribution in [-0.4, -0.2) is 45.0 Å². The summed E-state index contributed by atoms with van der Waals surface area (Å²) in [6.07, 6.45) is 2.62. The Labute approximate surface area is 201 Å². The Morgan fingerprint density at radius 3 is 2.06 bits per heavy atom. The summed E-state index contributed by atoms with van der Waals surface area (Å²) in [5.41, 5.74) is 2.13. The zero-order valence-corrected chi connectivity index (χ0v) is 19.5. The van der Waals surface area contributed by atoms with Crippen LogP contribution in [0.1, 0.15) is 51.1 Å². The van der Waals surface area contributed by atoms with Crippen LogP contribution in [0.15, 0.2) is 42.5 Å². The molecule has 180 valence electrons. The number of imide groups is 1. The molecule has 2 aromatic rings. The Balaban J connectivity index is 1.50. The van der Waals surface area contributed by atoms with Crippen molar-refractivity contribution in [2.75, 3.05) is 6.54 Å². The first-order valence-electron chi connectivity index (χ1n) is 11.7. The molecule has 2 bridgehead atoms. The molecule has 2 saturated carbocycles. The van der Waals surface area contributed by atoms with Crippen LogP contribution in [0.5, 0.6) is 0 Å². The van der Waals surface area contributed by atoms with Crippen LogP contribution < -0.4 is 0 Å². The molecule has 35 heavy (non-hydrogen) atoms. The number of fused-ring (bicyclic) bond motifs is 5. The molecule has 0 aromatic heterocycles. The summed E-state index contributed by atoms with van der Waals surface area (Å²) in [5, 5.41) is 12.8. The van der Waals surface area contributed by atoms with E-state index in [4.69, 9.17) is 0 Å². The van der Waals surface area contributed by atoms with Crippen LogP contribution in [0.2, 0.25) is 0 Å². The lowest BCUT2D eigenvalue weighted by molar-refractivity contribution is -0.384. The molecule has 0 N–H and O–H groups in total. The summed E-state index contributed by atoms with van der Waals surface area (Å²) in [6.45, 7) is 3.30. The van der Waals surface area contributed by atoms with E-state index in [-0.39, 0.29) is 23.1 Å². The molecule has 9 nitrogen and oxygen atoms in total. The fraction of sp³-hybridized carbons (Fsp3) is 0.385. The van der Waals surface area contributed by atoms with Crippen LogP contribution in [0.3, 0.4) is 0 Å². The molecular formula is C26H25N3O6. The number of hydrazine groups is 1. The Hall–Kier alpha value is -3.88. The molecule has 4 atom stereocenters. The zero-order chi connectivity index (χ0) is 25.0. The SMILES string of the molecule is Cc1ccc(C(=O)CN(C(=O)c2ccc([N+](=O)[O-])cc2)N2C(=O)[C@@H]3[C@H]4CC[C@@H](C4)[C@@H]3C2=O)cc1C. The number of aryl methyl sites for hydroxylation is 2. The lowest BCUT2D eigenvalue weighted by Crippen LogP contribution is -2.52. The van der Waals surface area contributed by atoms with E-state index in [9.17, 15) is 29.3 Å². The number of carbonyl (C=O) groups is 4. The average Bonchev–Trinajstić information content (AvgIpc) is 3.52. The summed E-state index contributed by atoms with van der Waals surface area (Å²) in [5.74, 6) is -2.67. The minimum Gasteiger partial charge on any atom is -0.292 e. The molecule has 2 aromatic carbocycles. The summed E-state index contributed by atoms with van der Waals surface area (Å²) >= 11 is 0.